The van der Waals surface area contributed by atoms with Gasteiger partial charge in [0.1, 0.15) is 5.75 Å². The number of hydrogen-bond donors (Lipinski definition) is 3. The maximum atomic E-state index is 11.9. The minimum atomic E-state index is -0.163. The number of nitrogens with one attached hydrogen (secondary N) is 3. The van der Waals surface area contributed by atoms with Gasteiger partial charge in [0.05, 0.1) is 25.5 Å². The fraction of sp³-hybridized carbons (Fsp3) is 0.316. The van der Waals surface area contributed by atoms with Crippen molar-refractivity contribution in [3.63, 3.8) is 0 Å². The summed E-state index contributed by atoms with van der Waals surface area (Å²) in [7, 11) is 3.34. The highest BCUT2D eigenvalue weighted by Gasteiger charge is 2.05. The minimum Gasteiger partial charge on any atom is -0.496 e. The number of aryl methyl sites for hydroxylation is 1. The van der Waals surface area contributed by atoms with Gasteiger partial charge < -0.3 is 20.7 Å². The van der Waals surface area contributed by atoms with Crippen LogP contribution in [0.2, 0.25) is 0 Å². The normalized spacial score (nSPS) is 10.6. The number of carbonyl (C=O) groups is 1. The fourth-order valence-corrected chi connectivity index (χ4v) is 2.37. The predicted octanol–water partition coefficient (Wildman–Crippen LogP) is 2.36. The standard InChI is InChI=1S/C19H25N5O2.HI/c1-14-6-7-15(11-17(14)26-3)8-10-22-19(20-2)23-13-18(25)24-16-5-4-9-21-12-16;/h4-7,9,11-12H,8,10,13H2,1-3H3,(H,24,25)(H2,20,22,23);1H. The Bertz CT molecular complexity index is 753. The Labute approximate surface area is 177 Å². The number of methoxy groups -OCH3 is 1. The van der Waals surface area contributed by atoms with Crippen LogP contribution in [-0.4, -0.2) is 44.1 Å². The lowest BCUT2D eigenvalue weighted by molar-refractivity contribution is -0.115. The number of ether oxygens (including phenoxy) is 1. The molecular formula is C19H26IN5O2. The number of hydrogen-bond acceptors (Lipinski definition) is 4. The summed E-state index contributed by atoms with van der Waals surface area (Å²) < 4.78 is 5.34. The van der Waals surface area contributed by atoms with Crippen molar-refractivity contribution in [1.82, 2.24) is 15.6 Å². The van der Waals surface area contributed by atoms with Crippen LogP contribution >= 0.6 is 24.0 Å². The monoisotopic (exact) mass is 483 g/mol. The number of pyridine rings is 1. The molecule has 0 bridgehead atoms. The summed E-state index contributed by atoms with van der Waals surface area (Å²) in [5, 5.41) is 8.94. The third-order valence-corrected chi connectivity index (χ3v) is 3.76. The second-order valence-electron chi connectivity index (χ2n) is 5.70. The van der Waals surface area contributed by atoms with E-state index in [4.69, 9.17) is 4.74 Å². The average Bonchev–Trinajstić information content (AvgIpc) is 2.66. The molecule has 1 amide bonds. The highest BCUT2D eigenvalue weighted by molar-refractivity contribution is 14.0. The molecule has 1 aromatic carbocycles. The number of carbonyl (C=O) groups excluding carboxylic acids is 1. The second kappa shape index (κ2) is 12.1. The van der Waals surface area contributed by atoms with Gasteiger partial charge in [0.2, 0.25) is 5.91 Å². The van der Waals surface area contributed by atoms with Gasteiger partial charge in [-0.25, -0.2) is 0 Å². The Morgan fingerprint density at radius 3 is 2.74 bits per heavy atom. The van der Waals surface area contributed by atoms with E-state index >= 15 is 0 Å². The van der Waals surface area contributed by atoms with Crippen LogP contribution in [-0.2, 0) is 11.2 Å². The Kier molecular flexibility index (Phi) is 10.2. The molecule has 8 heteroatoms. The van der Waals surface area contributed by atoms with Crippen molar-refractivity contribution < 1.29 is 9.53 Å². The van der Waals surface area contributed by atoms with E-state index in [1.165, 1.54) is 5.56 Å². The zero-order chi connectivity index (χ0) is 18.8. The molecule has 3 N–H and O–H groups in total. The molecule has 1 heterocycles. The Hall–Kier alpha value is -2.36. The number of anilines is 1. The Balaban J connectivity index is 0.00000364. The van der Waals surface area contributed by atoms with Crippen molar-refractivity contribution >= 4 is 41.5 Å². The number of aliphatic imine (C=N–C) groups is 1. The van der Waals surface area contributed by atoms with E-state index in [2.05, 4.69) is 32.0 Å². The average molecular weight is 483 g/mol. The highest BCUT2D eigenvalue weighted by Crippen LogP contribution is 2.18. The summed E-state index contributed by atoms with van der Waals surface area (Å²) in [5.41, 5.74) is 2.95. The summed E-state index contributed by atoms with van der Waals surface area (Å²) >= 11 is 0. The molecule has 7 nitrogen and oxygen atoms in total. The van der Waals surface area contributed by atoms with Gasteiger partial charge in [-0.2, -0.15) is 0 Å². The van der Waals surface area contributed by atoms with Crippen LogP contribution in [0.25, 0.3) is 0 Å². The summed E-state index contributed by atoms with van der Waals surface area (Å²) in [5.74, 6) is 1.30. The SMILES string of the molecule is CN=C(NCCc1ccc(C)c(OC)c1)NCC(=O)Nc1cccnc1.I. The largest absolute Gasteiger partial charge is 0.496 e. The minimum absolute atomic E-state index is 0. The van der Waals surface area contributed by atoms with Crippen molar-refractivity contribution in [2.75, 3.05) is 32.6 Å². The topological polar surface area (TPSA) is 87.6 Å². The Morgan fingerprint density at radius 2 is 2.07 bits per heavy atom. The van der Waals surface area contributed by atoms with Crippen LogP contribution in [0.15, 0.2) is 47.7 Å². The summed E-state index contributed by atoms with van der Waals surface area (Å²) in [6.07, 6.45) is 4.07. The highest BCUT2D eigenvalue weighted by atomic mass is 127. The maximum Gasteiger partial charge on any atom is 0.243 e. The van der Waals surface area contributed by atoms with Gasteiger partial charge in [0.25, 0.3) is 0 Å². The van der Waals surface area contributed by atoms with Crippen LogP contribution in [0.1, 0.15) is 11.1 Å². The molecule has 0 fully saturated rings. The summed E-state index contributed by atoms with van der Waals surface area (Å²) in [6, 6.07) is 9.72. The van der Waals surface area contributed by atoms with Crippen molar-refractivity contribution in [3.8, 4) is 5.75 Å². The van der Waals surface area contributed by atoms with Gasteiger partial charge in [-0.15, -0.1) is 24.0 Å². The Morgan fingerprint density at radius 1 is 1.26 bits per heavy atom. The van der Waals surface area contributed by atoms with Gasteiger partial charge in [-0.3, -0.25) is 14.8 Å². The summed E-state index contributed by atoms with van der Waals surface area (Å²) in [6.45, 7) is 2.83. The molecule has 0 spiro atoms. The van der Waals surface area contributed by atoms with E-state index in [9.17, 15) is 4.79 Å². The third-order valence-electron chi connectivity index (χ3n) is 3.76. The maximum absolute atomic E-state index is 11.9. The van der Waals surface area contributed by atoms with E-state index in [0.717, 1.165) is 17.7 Å². The zero-order valence-electron chi connectivity index (χ0n) is 15.8. The molecular weight excluding hydrogens is 457 g/mol. The molecule has 1 aromatic heterocycles. The molecule has 27 heavy (non-hydrogen) atoms. The number of aromatic nitrogens is 1. The van der Waals surface area contributed by atoms with E-state index in [1.54, 1.807) is 38.7 Å². The van der Waals surface area contributed by atoms with Crippen LogP contribution in [0.4, 0.5) is 5.69 Å². The molecule has 0 aliphatic carbocycles. The van der Waals surface area contributed by atoms with Gasteiger partial charge in [-0.1, -0.05) is 12.1 Å². The lowest BCUT2D eigenvalue weighted by Gasteiger charge is -2.12. The zero-order valence-corrected chi connectivity index (χ0v) is 18.1. The first kappa shape index (κ1) is 22.7. The van der Waals surface area contributed by atoms with Gasteiger partial charge in [0, 0.05) is 19.8 Å². The third kappa shape index (κ3) is 7.81. The summed E-state index contributed by atoms with van der Waals surface area (Å²) in [4.78, 5) is 20.0. The van der Waals surface area contributed by atoms with Crippen molar-refractivity contribution in [2.45, 2.75) is 13.3 Å². The molecule has 0 aliphatic heterocycles. The number of amides is 1. The quantitative estimate of drug-likeness (QED) is 0.320. The lowest BCUT2D eigenvalue weighted by Crippen LogP contribution is -2.42. The number of halogens is 1. The molecule has 146 valence electrons. The first-order chi connectivity index (χ1) is 12.6. The predicted molar refractivity (Wildman–Crippen MR) is 119 cm³/mol. The molecule has 0 atom stereocenters. The van der Waals surface area contributed by atoms with E-state index in [0.29, 0.717) is 18.2 Å². The molecule has 0 unspecified atom stereocenters. The number of rotatable bonds is 7. The molecule has 2 aromatic rings. The van der Waals surface area contributed by atoms with Gasteiger partial charge in [-0.05, 0) is 42.7 Å². The van der Waals surface area contributed by atoms with E-state index < -0.39 is 0 Å². The fourth-order valence-electron chi connectivity index (χ4n) is 2.37. The van der Waals surface area contributed by atoms with Crippen molar-refractivity contribution in [1.29, 1.82) is 0 Å². The number of benzene rings is 1. The molecule has 0 saturated heterocycles. The second-order valence-corrected chi connectivity index (χ2v) is 5.70. The van der Waals surface area contributed by atoms with Crippen LogP contribution < -0.4 is 20.7 Å². The smallest absolute Gasteiger partial charge is 0.243 e. The first-order valence-electron chi connectivity index (χ1n) is 8.40. The van der Waals surface area contributed by atoms with Crippen LogP contribution in [0.3, 0.4) is 0 Å². The molecule has 2 rings (SSSR count). The van der Waals surface area contributed by atoms with E-state index in [-0.39, 0.29) is 36.4 Å². The van der Waals surface area contributed by atoms with Gasteiger partial charge >= 0.3 is 0 Å². The van der Waals surface area contributed by atoms with Crippen molar-refractivity contribution in [2.24, 2.45) is 4.99 Å². The van der Waals surface area contributed by atoms with E-state index in [1.807, 2.05) is 19.1 Å². The van der Waals surface area contributed by atoms with Crippen LogP contribution in [0, 0.1) is 6.92 Å². The number of guanidine groups is 1. The molecule has 0 saturated carbocycles. The first-order valence-corrected chi connectivity index (χ1v) is 8.40. The molecule has 0 aliphatic rings. The lowest BCUT2D eigenvalue weighted by atomic mass is 10.1. The van der Waals surface area contributed by atoms with Gasteiger partial charge in [0.15, 0.2) is 5.96 Å². The van der Waals surface area contributed by atoms with Crippen LogP contribution in [0.5, 0.6) is 5.75 Å². The van der Waals surface area contributed by atoms with Crippen molar-refractivity contribution in [3.05, 3.63) is 53.9 Å². The number of nitrogens with zero attached hydrogens (tertiary/aromatic N) is 2. The molecule has 0 radical (unpaired) electrons.